The smallest absolute Gasteiger partial charge is 0.227 e. The number of anilines is 3. The Morgan fingerprint density at radius 1 is 0.421 bits per heavy atom. The maximum atomic E-state index is 10.2. The molecule has 0 saturated carbocycles. The van der Waals surface area contributed by atoms with E-state index in [1.54, 1.807) is 0 Å². The van der Waals surface area contributed by atoms with E-state index in [0.717, 1.165) is 83.1 Å². The van der Waals surface area contributed by atoms with Crippen molar-refractivity contribution in [2.24, 2.45) is 0 Å². The summed E-state index contributed by atoms with van der Waals surface area (Å²) < 4.78 is 12.2. The van der Waals surface area contributed by atoms with Gasteiger partial charge in [0.05, 0.1) is 11.6 Å². The Bertz CT molecular complexity index is 3190. The first-order chi connectivity index (χ1) is 28.1. The van der Waals surface area contributed by atoms with Gasteiger partial charge in [0.15, 0.2) is 11.2 Å². The largest absolute Gasteiger partial charge is 0.436 e. The molecular weight excluding hydrogens is 701 g/mol. The van der Waals surface area contributed by atoms with Gasteiger partial charge >= 0.3 is 0 Å². The van der Waals surface area contributed by atoms with Crippen LogP contribution in [0.5, 0.6) is 0 Å². The van der Waals surface area contributed by atoms with E-state index in [0.29, 0.717) is 17.3 Å². The predicted octanol–water partition coefficient (Wildman–Crippen LogP) is 13.8. The van der Waals surface area contributed by atoms with Crippen molar-refractivity contribution in [1.29, 1.82) is 5.26 Å². The van der Waals surface area contributed by atoms with Gasteiger partial charge in [-0.1, -0.05) is 78.9 Å². The van der Waals surface area contributed by atoms with Crippen molar-refractivity contribution >= 4 is 71.6 Å². The summed E-state index contributed by atoms with van der Waals surface area (Å²) in [6.07, 6.45) is 0. The number of hydrogen-bond acceptors (Lipinski definition) is 6. The minimum atomic E-state index is 0.581. The zero-order chi connectivity index (χ0) is 37.9. The lowest BCUT2D eigenvalue weighted by Gasteiger charge is -2.26. The van der Waals surface area contributed by atoms with E-state index >= 15 is 0 Å². The maximum Gasteiger partial charge on any atom is 0.227 e. The Hall–Kier alpha value is -8.01. The molecule has 0 aliphatic carbocycles. The third kappa shape index (κ3) is 5.65. The highest BCUT2D eigenvalue weighted by Crippen LogP contribution is 2.40. The van der Waals surface area contributed by atoms with Crippen molar-refractivity contribution in [2.75, 3.05) is 4.90 Å². The van der Waals surface area contributed by atoms with E-state index in [4.69, 9.17) is 18.8 Å². The predicted molar refractivity (Wildman–Crippen MR) is 230 cm³/mol. The van der Waals surface area contributed by atoms with Gasteiger partial charge in [0.2, 0.25) is 11.8 Å². The third-order valence-electron chi connectivity index (χ3n) is 10.7. The van der Waals surface area contributed by atoms with Crippen LogP contribution in [0.1, 0.15) is 5.56 Å². The van der Waals surface area contributed by atoms with E-state index < -0.39 is 0 Å². The Morgan fingerprint density at radius 2 is 0.947 bits per heavy atom. The van der Waals surface area contributed by atoms with Crippen molar-refractivity contribution in [3.63, 3.8) is 0 Å². The fraction of sp³-hybridized carbons (Fsp3) is 0. The van der Waals surface area contributed by atoms with Gasteiger partial charge in [-0.05, 0) is 141 Å². The lowest BCUT2D eigenvalue weighted by atomic mass is 9.92. The molecule has 266 valence electrons. The molecule has 2 heterocycles. The van der Waals surface area contributed by atoms with Crippen LogP contribution in [0.25, 0.3) is 88.6 Å². The summed E-state index contributed by atoms with van der Waals surface area (Å²) in [5, 5.41) is 16.9. The Balaban J connectivity index is 0.994. The average Bonchev–Trinajstić information content (AvgIpc) is 3.92. The first-order valence-corrected chi connectivity index (χ1v) is 18.8. The van der Waals surface area contributed by atoms with Crippen LogP contribution in [0.4, 0.5) is 17.1 Å². The van der Waals surface area contributed by atoms with Gasteiger partial charge in [-0.3, -0.25) is 0 Å². The summed E-state index contributed by atoms with van der Waals surface area (Å²) in [7, 11) is 0. The van der Waals surface area contributed by atoms with Crippen LogP contribution in [0.2, 0.25) is 0 Å². The molecular formula is C51H30N4O2. The van der Waals surface area contributed by atoms with E-state index in [9.17, 15) is 5.26 Å². The molecule has 6 nitrogen and oxygen atoms in total. The van der Waals surface area contributed by atoms with Crippen molar-refractivity contribution in [3.05, 3.63) is 188 Å². The van der Waals surface area contributed by atoms with Crippen LogP contribution in [0.15, 0.2) is 191 Å². The highest BCUT2D eigenvalue weighted by molar-refractivity contribution is 6.09. The van der Waals surface area contributed by atoms with Crippen LogP contribution in [-0.2, 0) is 0 Å². The molecule has 0 N–H and O–H groups in total. The number of nitriles is 1. The summed E-state index contributed by atoms with van der Waals surface area (Å²) in [5.41, 5.74) is 10.5. The number of aromatic nitrogens is 2. The van der Waals surface area contributed by atoms with Gasteiger partial charge < -0.3 is 13.7 Å². The summed E-state index contributed by atoms with van der Waals surface area (Å²) in [4.78, 5) is 11.7. The highest BCUT2D eigenvalue weighted by atomic mass is 16.4. The molecule has 0 aliphatic rings. The van der Waals surface area contributed by atoms with Crippen LogP contribution >= 0.6 is 0 Å². The van der Waals surface area contributed by atoms with Crippen molar-refractivity contribution in [3.8, 4) is 40.1 Å². The molecule has 11 aromatic rings. The van der Waals surface area contributed by atoms with Gasteiger partial charge in [-0.25, -0.2) is 9.97 Å². The SMILES string of the molecule is N#Cc1cc2ccc3ccccc3c2cc1-c1ccc2cc(N(c3ccc(-c4nc5ccccc5o4)cc3)c3ccc(-c4nc5ccccc5o4)cc3)ccc2c1. The minimum Gasteiger partial charge on any atom is -0.436 e. The van der Waals surface area contributed by atoms with E-state index in [2.05, 4.69) is 114 Å². The first kappa shape index (κ1) is 32.4. The quantitative estimate of drug-likeness (QED) is 0.159. The van der Waals surface area contributed by atoms with Crippen LogP contribution < -0.4 is 4.90 Å². The molecule has 0 unspecified atom stereocenters. The number of oxazole rings is 2. The normalized spacial score (nSPS) is 11.5. The number of benzene rings is 9. The average molecular weight is 731 g/mol. The maximum absolute atomic E-state index is 10.2. The topological polar surface area (TPSA) is 79.1 Å². The summed E-state index contributed by atoms with van der Waals surface area (Å²) in [5.74, 6) is 1.16. The second kappa shape index (κ2) is 13.1. The summed E-state index contributed by atoms with van der Waals surface area (Å²) >= 11 is 0. The number of hydrogen-bond donors (Lipinski definition) is 0. The Labute approximate surface area is 327 Å². The molecule has 2 aromatic heterocycles. The molecule has 9 aromatic carbocycles. The monoisotopic (exact) mass is 730 g/mol. The summed E-state index contributed by atoms with van der Waals surface area (Å²) in [6, 6.07) is 64.4. The van der Waals surface area contributed by atoms with Crippen molar-refractivity contribution < 1.29 is 8.83 Å². The number of fused-ring (bicyclic) bond motifs is 6. The molecule has 0 atom stereocenters. The zero-order valence-corrected chi connectivity index (χ0v) is 30.4. The highest BCUT2D eigenvalue weighted by Gasteiger charge is 2.17. The van der Waals surface area contributed by atoms with Crippen molar-refractivity contribution in [2.45, 2.75) is 0 Å². The molecule has 0 radical (unpaired) electrons. The fourth-order valence-corrected chi connectivity index (χ4v) is 7.87. The van der Waals surface area contributed by atoms with E-state index in [-0.39, 0.29) is 0 Å². The molecule has 11 rings (SSSR count). The van der Waals surface area contributed by atoms with Crippen LogP contribution in [-0.4, -0.2) is 9.97 Å². The third-order valence-corrected chi connectivity index (χ3v) is 10.7. The number of nitrogens with zero attached hydrogens (tertiary/aromatic N) is 4. The molecule has 0 amide bonds. The zero-order valence-electron chi connectivity index (χ0n) is 30.4. The van der Waals surface area contributed by atoms with Gasteiger partial charge in [-0.2, -0.15) is 5.26 Å². The lowest BCUT2D eigenvalue weighted by Crippen LogP contribution is -2.09. The number of para-hydroxylation sites is 4. The first-order valence-electron chi connectivity index (χ1n) is 18.8. The molecule has 0 saturated heterocycles. The molecule has 0 spiro atoms. The van der Waals surface area contributed by atoms with Crippen LogP contribution in [0, 0.1) is 11.3 Å². The molecule has 0 bridgehead atoms. The van der Waals surface area contributed by atoms with Gasteiger partial charge in [0.25, 0.3) is 0 Å². The fourth-order valence-electron chi connectivity index (χ4n) is 7.87. The second-order valence-corrected chi connectivity index (χ2v) is 14.2. The van der Waals surface area contributed by atoms with Gasteiger partial charge in [-0.15, -0.1) is 0 Å². The van der Waals surface area contributed by atoms with Crippen LogP contribution in [0.3, 0.4) is 0 Å². The van der Waals surface area contributed by atoms with E-state index in [1.807, 2.05) is 78.9 Å². The summed E-state index contributed by atoms with van der Waals surface area (Å²) in [6.45, 7) is 0. The standard InChI is InChI=1S/C51H30N4O2/c52-31-39-28-38-15-13-32-7-1-2-8-43(32)45(38)30-44(39)37-16-14-36-29-42(26-21-35(36)27-37)55(40-22-17-33(18-23-40)50-53-46-9-3-5-11-48(46)56-50)41-24-19-34(20-25-41)51-54-47-10-4-6-12-49(47)57-51/h1-30H. The molecule has 0 aliphatic heterocycles. The Morgan fingerprint density at radius 3 is 1.60 bits per heavy atom. The Kier molecular flexibility index (Phi) is 7.44. The molecule has 0 fully saturated rings. The molecule has 6 heteroatoms. The molecule has 57 heavy (non-hydrogen) atoms. The number of rotatable bonds is 6. The second-order valence-electron chi connectivity index (χ2n) is 14.2. The van der Waals surface area contributed by atoms with Gasteiger partial charge in [0.1, 0.15) is 11.0 Å². The lowest BCUT2D eigenvalue weighted by molar-refractivity contribution is 0.619. The van der Waals surface area contributed by atoms with Gasteiger partial charge in [0, 0.05) is 33.8 Å². The van der Waals surface area contributed by atoms with Crippen molar-refractivity contribution in [1.82, 2.24) is 9.97 Å². The van der Waals surface area contributed by atoms with E-state index in [1.165, 1.54) is 10.8 Å². The minimum absolute atomic E-state index is 0.581.